The first-order valence-corrected chi connectivity index (χ1v) is 7.10. The standard InChI is InChI=1S/C14H26N3O4/c1-9(2)11(8-18)17-13(21)14(16,6-4-5-7-15)12(20)10(3)19/h9-11,19H,4-7,15-16H2,1-3H3,(H,17,21)/t10-,11+,14+/m0/s1. The Labute approximate surface area is 125 Å². The van der Waals surface area contributed by atoms with Gasteiger partial charge in [-0.1, -0.05) is 13.8 Å². The van der Waals surface area contributed by atoms with Gasteiger partial charge in [0.15, 0.2) is 11.3 Å². The highest BCUT2D eigenvalue weighted by Crippen LogP contribution is 2.16. The molecule has 0 aromatic heterocycles. The number of aliphatic hydroxyl groups excluding tert-OH is 1. The fourth-order valence-electron chi connectivity index (χ4n) is 1.87. The molecule has 1 amide bonds. The van der Waals surface area contributed by atoms with E-state index in [4.69, 9.17) is 11.5 Å². The van der Waals surface area contributed by atoms with Gasteiger partial charge in [0.05, 0.1) is 6.04 Å². The third kappa shape index (κ3) is 5.53. The first kappa shape index (κ1) is 19.7. The Hall–Kier alpha value is -1.31. The highest BCUT2D eigenvalue weighted by Gasteiger charge is 2.43. The van der Waals surface area contributed by atoms with Crippen molar-refractivity contribution in [3.05, 3.63) is 0 Å². The Balaban J connectivity index is 5.14. The number of unbranched alkanes of at least 4 members (excludes halogenated alkanes) is 1. The summed E-state index contributed by atoms with van der Waals surface area (Å²) in [7, 11) is 0. The van der Waals surface area contributed by atoms with E-state index in [2.05, 4.69) is 5.32 Å². The van der Waals surface area contributed by atoms with Gasteiger partial charge in [-0.2, -0.15) is 0 Å². The van der Waals surface area contributed by atoms with Gasteiger partial charge in [0.2, 0.25) is 12.2 Å². The number of hydrogen-bond acceptors (Lipinski definition) is 6. The van der Waals surface area contributed by atoms with Crippen LogP contribution in [-0.4, -0.2) is 47.3 Å². The van der Waals surface area contributed by atoms with Crippen LogP contribution in [0.3, 0.4) is 0 Å². The topological polar surface area (TPSA) is 136 Å². The van der Waals surface area contributed by atoms with Crippen LogP contribution >= 0.6 is 0 Å². The van der Waals surface area contributed by atoms with Crippen LogP contribution < -0.4 is 16.8 Å². The van der Waals surface area contributed by atoms with E-state index in [9.17, 15) is 19.5 Å². The molecular formula is C14H26N3O4. The highest BCUT2D eigenvalue weighted by atomic mass is 16.3. The molecule has 0 aliphatic rings. The summed E-state index contributed by atoms with van der Waals surface area (Å²) < 4.78 is 0. The number of aliphatic hydroxyl groups is 1. The average molecular weight is 300 g/mol. The normalized spacial score (nSPS) is 16.9. The summed E-state index contributed by atoms with van der Waals surface area (Å²) in [5.74, 6) is -1.72. The van der Waals surface area contributed by atoms with Gasteiger partial charge in [-0.15, -0.1) is 0 Å². The van der Waals surface area contributed by atoms with Crippen LogP contribution in [0.1, 0.15) is 40.0 Å². The van der Waals surface area contributed by atoms with Crippen molar-refractivity contribution in [1.82, 2.24) is 5.32 Å². The summed E-state index contributed by atoms with van der Waals surface area (Å²) in [6.07, 6.45) is 1.48. The SMILES string of the molecule is CC(C)[C@@H]([C]=O)NC(=O)[C@@](N)(CCCCN)C(=O)[C@H](C)O. The van der Waals surface area contributed by atoms with E-state index in [-0.39, 0.29) is 12.3 Å². The number of rotatable bonds is 10. The van der Waals surface area contributed by atoms with E-state index in [1.165, 1.54) is 6.92 Å². The minimum atomic E-state index is -1.87. The summed E-state index contributed by atoms with van der Waals surface area (Å²) in [5, 5.41) is 11.9. The molecule has 3 atom stereocenters. The lowest BCUT2D eigenvalue weighted by Gasteiger charge is -2.29. The predicted molar refractivity (Wildman–Crippen MR) is 79.0 cm³/mol. The molecule has 1 radical (unpaired) electrons. The van der Waals surface area contributed by atoms with Crippen molar-refractivity contribution >= 4 is 18.0 Å². The number of amides is 1. The molecular weight excluding hydrogens is 274 g/mol. The summed E-state index contributed by atoms with van der Waals surface area (Å²) in [6.45, 7) is 5.14. The van der Waals surface area contributed by atoms with Gasteiger partial charge in [-0.3, -0.25) is 14.4 Å². The van der Waals surface area contributed by atoms with Gasteiger partial charge in [-0.25, -0.2) is 0 Å². The van der Waals surface area contributed by atoms with Crippen LogP contribution in [0.15, 0.2) is 0 Å². The molecule has 7 nitrogen and oxygen atoms in total. The Morgan fingerprint density at radius 2 is 1.86 bits per heavy atom. The van der Waals surface area contributed by atoms with Crippen LogP contribution in [0.2, 0.25) is 0 Å². The van der Waals surface area contributed by atoms with E-state index in [0.29, 0.717) is 19.4 Å². The zero-order valence-electron chi connectivity index (χ0n) is 12.9. The van der Waals surface area contributed by atoms with Crippen molar-refractivity contribution in [1.29, 1.82) is 0 Å². The zero-order valence-corrected chi connectivity index (χ0v) is 12.9. The quantitative estimate of drug-likeness (QED) is 0.302. The monoisotopic (exact) mass is 300 g/mol. The van der Waals surface area contributed by atoms with Crippen LogP contribution in [0.4, 0.5) is 0 Å². The zero-order chi connectivity index (χ0) is 16.6. The lowest BCUT2D eigenvalue weighted by Crippen LogP contribution is -2.63. The van der Waals surface area contributed by atoms with E-state index in [1.807, 2.05) is 0 Å². The molecule has 21 heavy (non-hydrogen) atoms. The maximum absolute atomic E-state index is 12.3. The van der Waals surface area contributed by atoms with E-state index >= 15 is 0 Å². The maximum Gasteiger partial charge on any atom is 0.248 e. The van der Waals surface area contributed by atoms with Crippen molar-refractivity contribution in [2.45, 2.75) is 57.7 Å². The van der Waals surface area contributed by atoms with Gasteiger partial charge in [0.1, 0.15) is 6.10 Å². The molecule has 0 unspecified atom stereocenters. The number of nitrogens with one attached hydrogen (secondary N) is 1. The Bertz CT molecular complexity index is 371. The molecule has 0 rings (SSSR count). The summed E-state index contributed by atoms with van der Waals surface area (Å²) in [4.78, 5) is 35.2. The van der Waals surface area contributed by atoms with Crippen molar-refractivity contribution in [3.8, 4) is 0 Å². The maximum atomic E-state index is 12.3. The second kappa shape index (κ2) is 8.86. The third-order valence-electron chi connectivity index (χ3n) is 3.33. The van der Waals surface area contributed by atoms with Gasteiger partial charge >= 0.3 is 0 Å². The smallest absolute Gasteiger partial charge is 0.248 e. The van der Waals surface area contributed by atoms with Crippen molar-refractivity contribution in [3.63, 3.8) is 0 Å². The minimum absolute atomic E-state index is 0.0590. The van der Waals surface area contributed by atoms with Gasteiger partial charge < -0.3 is 21.9 Å². The first-order chi connectivity index (χ1) is 9.70. The molecule has 0 aliphatic heterocycles. The second-order valence-electron chi connectivity index (χ2n) is 5.57. The molecule has 0 spiro atoms. The summed E-state index contributed by atoms with van der Waals surface area (Å²) in [5.41, 5.74) is 9.45. The number of ketones is 1. The number of hydrogen-bond donors (Lipinski definition) is 4. The Kier molecular flexibility index (Phi) is 8.31. The van der Waals surface area contributed by atoms with Crippen LogP contribution in [0, 0.1) is 5.92 Å². The molecule has 0 saturated carbocycles. The minimum Gasteiger partial charge on any atom is -0.386 e. The molecule has 6 N–H and O–H groups in total. The number of nitrogens with two attached hydrogens (primary N) is 2. The lowest BCUT2D eigenvalue weighted by molar-refractivity contribution is -0.141. The van der Waals surface area contributed by atoms with Crippen molar-refractivity contribution < 1.29 is 19.5 Å². The summed E-state index contributed by atoms with van der Waals surface area (Å²) in [6, 6.07) is -0.850. The molecule has 0 aromatic rings. The van der Waals surface area contributed by atoms with Crippen LogP contribution in [0.5, 0.6) is 0 Å². The van der Waals surface area contributed by atoms with Crippen LogP contribution in [0.25, 0.3) is 0 Å². The first-order valence-electron chi connectivity index (χ1n) is 7.10. The van der Waals surface area contributed by atoms with Crippen molar-refractivity contribution in [2.24, 2.45) is 17.4 Å². The molecule has 0 heterocycles. The van der Waals surface area contributed by atoms with Gasteiger partial charge in [0, 0.05) is 0 Å². The lowest BCUT2D eigenvalue weighted by atomic mass is 9.85. The van der Waals surface area contributed by atoms with E-state index in [0.717, 1.165) is 0 Å². The van der Waals surface area contributed by atoms with Crippen LogP contribution in [-0.2, 0) is 14.4 Å². The number of Topliss-reactive ketones (excluding diaryl/α,β-unsaturated/α-hetero) is 1. The van der Waals surface area contributed by atoms with E-state index in [1.54, 1.807) is 20.1 Å². The number of carbonyl (C=O) groups excluding carboxylic acids is 3. The van der Waals surface area contributed by atoms with Gasteiger partial charge in [-0.05, 0) is 38.6 Å². The third-order valence-corrected chi connectivity index (χ3v) is 3.33. The average Bonchev–Trinajstić information content (AvgIpc) is 2.42. The fraction of sp³-hybridized carbons (Fsp3) is 0.786. The molecule has 121 valence electrons. The fourth-order valence-corrected chi connectivity index (χ4v) is 1.87. The summed E-state index contributed by atoms with van der Waals surface area (Å²) >= 11 is 0. The molecule has 0 saturated heterocycles. The molecule has 0 aliphatic carbocycles. The Morgan fingerprint density at radius 1 is 1.29 bits per heavy atom. The number of carbonyl (C=O) groups is 2. The second-order valence-corrected chi connectivity index (χ2v) is 5.57. The molecule has 0 aromatic carbocycles. The predicted octanol–water partition coefficient (Wildman–Crippen LogP) is -0.987. The molecule has 0 bridgehead atoms. The molecule has 0 fully saturated rings. The highest BCUT2D eigenvalue weighted by molar-refractivity contribution is 6.12. The van der Waals surface area contributed by atoms with E-state index < -0.39 is 29.4 Å². The van der Waals surface area contributed by atoms with Gasteiger partial charge in [0.25, 0.3) is 0 Å². The largest absolute Gasteiger partial charge is 0.386 e. The Morgan fingerprint density at radius 3 is 2.24 bits per heavy atom. The van der Waals surface area contributed by atoms with Crippen molar-refractivity contribution in [2.75, 3.05) is 6.54 Å². The molecule has 7 heteroatoms.